The van der Waals surface area contributed by atoms with Gasteiger partial charge in [0.25, 0.3) is 0 Å². The predicted molar refractivity (Wildman–Crippen MR) is 124 cm³/mol. The van der Waals surface area contributed by atoms with Crippen molar-refractivity contribution in [3.8, 4) is 22.7 Å². The van der Waals surface area contributed by atoms with Crippen molar-refractivity contribution in [1.29, 1.82) is 0 Å². The van der Waals surface area contributed by atoms with Gasteiger partial charge in [-0.05, 0) is 49.9 Å². The number of hydrogen-bond acceptors (Lipinski definition) is 6. The molecule has 5 nitrogen and oxygen atoms in total. The second-order valence-electron chi connectivity index (χ2n) is 7.96. The minimum Gasteiger partial charge on any atom is -0.472 e. The molecule has 0 fully saturated rings. The standard InChI is InChI=1S/C25H25N3O2S/c1-16-5-10-22(30-16)19-8-6-18(7-9-19)4-3-12-26-24-21-14-17(2)31-25(21)28-23(27-24)20-11-13-29-15-20/h5-11,13,15,17H,3-4,12,14H2,1-2H3,(H,26,27,28). The molecule has 0 aliphatic carbocycles. The van der Waals surface area contributed by atoms with E-state index in [1.807, 2.05) is 36.9 Å². The Kier molecular flexibility index (Phi) is 5.55. The Morgan fingerprint density at radius 3 is 2.68 bits per heavy atom. The van der Waals surface area contributed by atoms with Crippen LogP contribution in [0.4, 0.5) is 5.82 Å². The molecule has 158 valence electrons. The van der Waals surface area contributed by atoms with Crippen LogP contribution in [0.3, 0.4) is 0 Å². The van der Waals surface area contributed by atoms with Crippen molar-refractivity contribution in [3.63, 3.8) is 0 Å². The van der Waals surface area contributed by atoms with Crippen molar-refractivity contribution >= 4 is 17.6 Å². The molecule has 1 aromatic carbocycles. The molecule has 1 atom stereocenters. The minimum absolute atomic E-state index is 0.529. The van der Waals surface area contributed by atoms with Gasteiger partial charge in [0.2, 0.25) is 0 Å². The highest BCUT2D eigenvalue weighted by atomic mass is 32.2. The van der Waals surface area contributed by atoms with Gasteiger partial charge in [0.05, 0.1) is 11.8 Å². The summed E-state index contributed by atoms with van der Waals surface area (Å²) in [5.74, 6) is 3.54. The van der Waals surface area contributed by atoms with Crippen molar-refractivity contribution in [2.24, 2.45) is 0 Å². The van der Waals surface area contributed by atoms with Gasteiger partial charge in [-0.25, -0.2) is 9.97 Å². The Morgan fingerprint density at radius 1 is 1.06 bits per heavy atom. The summed E-state index contributed by atoms with van der Waals surface area (Å²) in [4.78, 5) is 9.57. The van der Waals surface area contributed by atoms with E-state index in [-0.39, 0.29) is 0 Å². The van der Waals surface area contributed by atoms with Gasteiger partial charge in [-0.15, -0.1) is 11.8 Å². The molecule has 1 N–H and O–H groups in total. The summed E-state index contributed by atoms with van der Waals surface area (Å²) in [7, 11) is 0. The van der Waals surface area contributed by atoms with E-state index in [0.29, 0.717) is 5.25 Å². The van der Waals surface area contributed by atoms with E-state index in [1.165, 1.54) is 11.1 Å². The van der Waals surface area contributed by atoms with Crippen molar-refractivity contribution in [3.05, 3.63) is 71.9 Å². The topological polar surface area (TPSA) is 64.1 Å². The molecule has 1 aliphatic heterocycles. The van der Waals surface area contributed by atoms with Crippen LogP contribution >= 0.6 is 11.8 Å². The summed E-state index contributed by atoms with van der Waals surface area (Å²) >= 11 is 1.82. The Bertz CT molecular complexity index is 1170. The average molecular weight is 432 g/mol. The number of thioether (sulfide) groups is 1. The Morgan fingerprint density at radius 2 is 1.94 bits per heavy atom. The maximum atomic E-state index is 5.71. The van der Waals surface area contributed by atoms with E-state index in [2.05, 4.69) is 36.5 Å². The van der Waals surface area contributed by atoms with Crippen LogP contribution in [0.2, 0.25) is 0 Å². The van der Waals surface area contributed by atoms with E-state index in [1.54, 1.807) is 12.5 Å². The van der Waals surface area contributed by atoms with Gasteiger partial charge >= 0.3 is 0 Å². The molecule has 0 saturated carbocycles. The van der Waals surface area contributed by atoms with E-state index >= 15 is 0 Å². The van der Waals surface area contributed by atoms with Crippen molar-refractivity contribution in [2.45, 2.75) is 43.4 Å². The maximum Gasteiger partial charge on any atom is 0.165 e. The highest BCUT2D eigenvalue weighted by Gasteiger charge is 2.25. The van der Waals surface area contributed by atoms with E-state index < -0.39 is 0 Å². The normalized spacial score (nSPS) is 15.2. The lowest BCUT2D eigenvalue weighted by atomic mass is 10.1. The molecule has 0 amide bonds. The first kappa shape index (κ1) is 19.9. The third-order valence-corrected chi connectivity index (χ3v) is 6.60. The van der Waals surface area contributed by atoms with Gasteiger partial charge in [0.15, 0.2) is 5.82 Å². The van der Waals surface area contributed by atoms with Crippen molar-refractivity contribution in [2.75, 3.05) is 11.9 Å². The second kappa shape index (κ2) is 8.63. The molecular weight excluding hydrogens is 406 g/mol. The van der Waals surface area contributed by atoms with Gasteiger partial charge in [-0.1, -0.05) is 31.2 Å². The maximum absolute atomic E-state index is 5.71. The first-order valence-corrected chi connectivity index (χ1v) is 11.5. The lowest BCUT2D eigenvalue weighted by Gasteiger charge is -2.11. The average Bonchev–Trinajstić information content (AvgIpc) is 3.52. The molecule has 3 aromatic heterocycles. The molecule has 1 unspecified atom stereocenters. The number of furan rings is 2. The van der Waals surface area contributed by atoms with E-state index in [9.17, 15) is 0 Å². The molecule has 0 saturated heterocycles. The van der Waals surface area contributed by atoms with Crippen LogP contribution in [-0.2, 0) is 12.8 Å². The van der Waals surface area contributed by atoms with Gasteiger partial charge in [-0.2, -0.15) is 0 Å². The zero-order valence-corrected chi connectivity index (χ0v) is 18.5. The monoisotopic (exact) mass is 431 g/mol. The molecule has 1 aliphatic rings. The molecule has 0 radical (unpaired) electrons. The molecular formula is C25H25N3O2S. The predicted octanol–water partition coefficient (Wildman–Crippen LogP) is 6.39. The third-order valence-electron chi connectivity index (χ3n) is 5.47. The fraction of sp³-hybridized carbons (Fsp3) is 0.280. The number of rotatable bonds is 7. The highest BCUT2D eigenvalue weighted by molar-refractivity contribution is 8.00. The zero-order chi connectivity index (χ0) is 21.2. The number of hydrogen-bond donors (Lipinski definition) is 1. The SMILES string of the molecule is Cc1ccc(-c2ccc(CCCNc3nc(-c4ccoc4)nc4c3CC(C)S4)cc2)o1. The number of nitrogens with one attached hydrogen (secondary N) is 1. The van der Waals surface area contributed by atoms with E-state index in [4.69, 9.17) is 18.8 Å². The summed E-state index contributed by atoms with van der Waals surface area (Å²) < 4.78 is 10.9. The van der Waals surface area contributed by atoms with Crippen LogP contribution in [0, 0.1) is 6.92 Å². The Balaban J connectivity index is 1.22. The van der Waals surface area contributed by atoms with Crippen LogP contribution in [0.1, 0.15) is 30.2 Å². The number of anilines is 1. The number of aryl methyl sites for hydroxylation is 2. The van der Waals surface area contributed by atoms with Crippen LogP contribution < -0.4 is 5.32 Å². The molecule has 31 heavy (non-hydrogen) atoms. The Labute approximate surface area is 186 Å². The molecule has 0 bridgehead atoms. The molecule has 5 rings (SSSR count). The first-order chi connectivity index (χ1) is 15.2. The minimum atomic E-state index is 0.529. The number of aromatic nitrogens is 2. The van der Waals surface area contributed by atoms with Crippen molar-refractivity contribution in [1.82, 2.24) is 9.97 Å². The van der Waals surface area contributed by atoms with E-state index in [0.717, 1.165) is 65.1 Å². The fourth-order valence-corrected chi connectivity index (χ4v) is 4.95. The number of fused-ring (bicyclic) bond motifs is 1. The lowest BCUT2D eigenvalue weighted by Crippen LogP contribution is -2.09. The van der Waals surface area contributed by atoms with Gasteiger partial charge < -0.3 is 14.2 Å². The van der Waals surface area contributed by atoms with Crippen LogP contribution in [0.5, 0.6) is 0 Å². The Hall–Kier alpha value is -2.99. The summed E-state index contributed by atoms with van der Waals surface area (Å²) in [6, 6.07) is 14.6. The highest BCUT2D eigenvalue weighted by Crippen LogP contribution is 2.39. The van der Waals surface area contributed by atoms with Gasteiger partial charge in [0, 0.05) is 22.9 Å². The van der Waals surface area contributed by atoms with Crippen LogP contribution in [-0.4, -0.2) is 21.8 Å². The lowest BCUT2D eigenvalue weighted by molar-refractivity contribution is 0.548. The number of benzene rings is 1. The van der Waals surface area contributed by atoms with Crippen molar-refractivity contribution < 1.29 is 8.83 Å². The third kappa shape index (κ3) is 4.39. The summed E-state index contributed by atoms with van der Waals surface area (Å²) in [6.07, 6.45) is 6.40. The quantitative estimate of drug-likeness (QED) is 0.270. The smallest absolute Gasteiger partial charge is 0.165 e. The molecule has 0 spiro atoms. The second-order valence-corrected chi connectivity index (χ2v) is 9.39. The molecule has 6 heteroatoms. The summed E-state index contributed by atoms with van der Waals surface area (Å²) in [6.45, 7) is 5.07. The zero-order valence-electron chi connectivity index (χ0n) is 17.7. The summed E-state index contributed by atoms with van der Waals surface area (Å²) in [5, 5.41) is 5.18. The van der Waals surface area contributed by atoms with Gasteiger partial charge in [-0.3, -0.25) is 0 Å². The van der Waals surface area contributed by atoms with Crippen LogP contribution in [0.15, 0.2) is 68.9 Å². The molecule has 4 aromatic rings. The van der Waals surface area contributed by atoms with Crippen LogP contribution in [0.25, 0.3) is 22.7 Å². The largest absolute Gasteiger partial charge is 0.472 e. The molecule has 4 heterocycles. The summed E-state index contributed by atoms with van der Waals surface area (Å²) in [5.41, 5.74) is 4.59. The number of nitrogens with zero attached hydrogens (tertiary/aromatic N) is 2. The van der Waals surface area contributed by atoms with Gasteiger partial charge in [0.1, 0.15) is 28.6 Å². The first-order valence-electron chi connectivity index (χ1n) is 10.7. The fourth-order valence-electron chi connectivity index (χ4n) is 3.86.